The van der Waals surface area contributed by atoms with Crippen LogP contribution in [0.15, 0.2) is 12.2 Å². The third-order valence-corrected chi connectivity index (χ3v) is 4.57. The van der Waals surface area contributed by atoms with Crippen LogP contribution in [0.3, 0.4) is 0 Å². The number of aliphatic hydroxyl groups is 1. The molecule has 0 aromatic rings. The molecule has 2 aliphatic rings. The fraction of sp³-hybridized carbons (Fsp3) is 0.800. The molecule has 0 aromatic heterocycles. The summed E-state index contributed by atoms with van der Waals surface area (Å²) in [6.07, 6.45) is 2.18. The molecule has 1 saturated heterocycles. The van der Waals surface area contributed by atoms with Gasteiger partial charge in [-0.25, -0.2) is 0 Å². The molecule has 1 saturated carbocycles. The van der Waals surface area contributed by atoms with Gasteiger partial charge in [-0.15, -0.1) is 0 Å². The second kappa shape index (κ2) is 4.78. The minimum Gasteiger partial charge on any atom is -0.390 e. The van der Waals surface area contributed by atoms with Crippen molar-refractivity contribution >= 4 is 5.78 Å². The molecular formula is C15H24O3. The largest absolute Gasteiger partial charge is 0.390 e. The van der Waals surface area contributed by atoms with Crippen molar-refractivity contribution in [3.8, 4) is 0 Å². The lowest BCUT2D eigenvalue weighted by molar-refractivity contribution is -0.116. The molecule has 102 valence electrons. The highest BCUT2D eigenvalue weighted by atomic mass is 16.6. The van der Waals surface area contributed by atoms with Gasteiger partial charge in [0.05, 0.1) is 11.7 Å². The van der Waals surface area contributed by atoms with Crippen LogP contribution in [0.1, 0.15) is 46.5 Å². The number of carbonyl (C=O) groups is 1. The number of hydrogen-bond acceptors (Lipinski definition) is 3. The van der Waals surface area contributed by atoms with E-state index < -0.39 is 6.10 Å². The lowest BCUT2D eigenvalue weighted by Crippen LogP contribution is -2.34. The first-order valence-electron chi connectivity index (χ1n) is 6.92. The fourth-order valence-electron chi connectivity index (χ4n) is 3.03. The Hall–Kier alpha value is -0.670. The molecule has 1 heterocycles. The maximum Gasteiger partial charge on any atom is 0.158 e. The summed E-state index contributed by atoms with van der Waals surface area (Å²) < 4.78 is 5.68. The molecule has 1 aliphatic carbocycles. The normalized spacial score (nSPS) is 41.7. The quantitative estimate of drug-likeness (QED) is 0.576. The van der Waals surface area contributed by atoms with Gasteiger partial charge in [-0.1, -0.05) is 20.4 Å². The molecule has 3 nitrogen and oxygen atoms in total. The van der Waals surface area contributed by atoms with Crippen molar-refractivity contribution in [3.63, 3.8) is 0 Å². The van der Waals surface area contributed by atoms with E-state index in [1.807, 2.05) is 6.92 Å². The number of fused-ring (bicyclic) bond motifs is 1. The van der Waals surface area contributed by atoms with Crippen molar-refractivity contribution in [2.24, 2.45) is 11.8 Å². The summed E-state index contributed by atoms with van der Waals surface area (Å²) in [7, 11) is 0. The smallest absolute Gasteiger partial charge is 0.158 e. The molecule has 0 unspecified atom stereocenters. The minimum absolute atomic E-state index is 0.0935. The maximum atomic E-state index is 11.9. The molecule has 2 rings (SSSR count). The van der Waals surface area contributed by atoms with Gasteiger partial charge in [0.15, 0.2) is 5.78 Å². The summed E-state index contributed by atoms with van der Waals surface area (Å²) in [6.45, 7) is 10.1. The van der Waals surface area contributed by atoms with Crippen LogP contribution in [0.2, 0.25) is 0 Å². The van der Waals surface area contributed by atoms with Crippen LogP contribution in [0.25, 0.3) is 0 Å². The van der Waals surface area contributed by atoms with Crippen LogP contribution in [0, 0.1) is 11.8 Å². The van der Waals surface area contributed by atoms with Crippen LogP contribution >= 0.6 is 0 Å². The van der Waals surface area contributed by atoms with E-state index in [0.717, 1.165) is 6.42 Å². The molecule has 0 spiro atoms. The zero-order valence-corrected chi connectivity index (χ0v) is 11.6. The molecule has 0 amide bonds. The summed E-state index contributed by atoms with van der Waals surface area (Å²) >= 11 is 0. The summed E-state index contributed by atoms with van der Waals surface area (Å²) in [4.78, 5) is 11.9. The average Bonchev–Trinajstić information content (AvgIpc) is 2.97. The van der Waals surface area contributed by atoms with E-state index in [0.29, 0.717) is 30.8 Å². The molecule has 0 aromatic carbocycles. The van der Waals surface area contributed by atoms with E-state index in [2.05, 4.69) is 20.4 Å². The van der Waals surface area contributed by atoms with E-state index in [-0.39, 0.29) is 23.4 Å². The van der Waals surface area contributed by atoms with E-state index in [1.165, 1.54) is 0 Å². The minimum atomic E-state index is -0.420. The van der Waals surface area contributed by atoms with Gasteiger partial charge in [-0.3, -0.25) is 4.79 Å². The molecule has 2 fully saturated rings. The van der Waals surface area contributed by atoms with Crippen LogP contribution in [-0.4, -0.2) is 28.7 Å². The predicted molar refractivity (Wildman–Crippen MR) is 70.2 cm³/mol. The number of ketones is 1. The van der Waals surface area contributed by atoms with Crippen LogP contribution < -0.4 is 0 Å². The number of aliphatic hydroxyl groups excluding tert-OH is 1. The molecule has 1 aliphatic heterocycles. The Balaban J connectivity index is 2.16. The Morgan fingerprint density at radius 1 is 1.44 bits per heavy atom. The summed E-state index contributed by atoms with van der Waals surface area (Å²) in [5, 5.41) is 10.4. The molecule has 0 radical (unpaired) electrons. The lowest BCUT2D eigenvalue weighted by Gasteiger charge is -2.27. The first-order chi connectivity index (χ1) is 8.35. The van der Waals surface area contributed by atoms with Gasteiger partial charge in [-0.05, 0) is 43.6 Å². The standard InChI is InChI=1S/C15H24O3/c1-9(2)11-6-5-10(3)12(16)7-8-15(4)14(18-15)13(11)17/h9,11,13-14,17H,3,5-8H2,1-2,4H3/t11-,13+,14+,15-/m0/s1. The molecule has 0 bridgehead atoms. The van der Waals surface area contributed by atoms with Gasteiger partial charge in [0.25, 0.3) is 0 Å². The SMILES string of the molecule is C=C1CC[C@@H](C(C)C)[C@@H](O)[C@H]2O[C@@]2(C)CCC1=O. The first-order valence-corrected chi connectivity index (χ1v) is 6.92. The molecule has 1 N–H and O–H groups in total. The topological polar surface area (TPSA) is 49.8 Å². The van der Waals surface area contributed by atoms with Crippen LogP contribution in [0.5, 0.6) is 0 Å². The summed E-state index contributed by atoms with van der Waals surface area (Å²) in [6, 6.07) is 0. The van der Waals surface area contributed by atoms with Crippen LogP contribution in [0.4, 0.5) is 0 Å². The Bertz CT molecular complexity index is 361. The molecule has 3 heteroatoms. The van der Waals surface area contributed by atoms with E-state index in [1.54, 1.807) is 0 Å². The van der Waals surface area contributed by atoms with Crippen LogP contribution in [-0.2, 0) is 9.53 Å². The van der Waals surface area contributed by atoms with Gasteiger partial charge in [-0.2, -0.15) is 0 Å². The van der Waals surface area contributed by atoms with Gasteiger partial charge < -0.3 is 9.84 Å². The summed E-state index contributed by atoms with van der Waals surface area (Å²) in [5.41, 5.74) is 0.398. The van der Waals surface area contributed by atoms with Crippen molar-refractivity contribution in [1.29, 1.82) is 0 Å². The molecule has 4 atom stereocenters. The number of carbonyl (C=O) groups excluding carboxylic acids is 1. The zero-order valence-electron chi connectivity index (χ0n) is 11.6. The highest BCUT2D eigenvalue weighted by Crippen LogP contribution is 2.46. The van der Waals surface area contributed by atoms with Gasteiger partial charge in [0, 0.05) is 6.42 Å². The fourth-order valence-corrected chi connectivity index (χ4v) is 3.03. The second-order valence-corrected chi connectivity index (χ2v) is 6.31. The molecular weight excluding hydrogens is 228 g/mol. The Morgan fingerprint density at radius 2 is 2.11 bits per heavy atom. The summed E-state index contributed by atoms with van der Waals surface area (Å²) in [5.74, 6) is 0.722. The zero-order chi connectivity index (χ0) is 13.5. The maximum absolute atomic E-state index is 11.9. The third-order valence-electron chi connectivity index (χ3n) is 4.57. The number of Topliss-reactive ketones (excluding diaryl/α,β-unsaturated/α-hetero) is 1. The highest BCUT2D eigenvalue weighted by Gasteiger charge is 2.57. The van der Waals surface area contributed by atoms with Crippen molar-refractivity contribution in [3.05, 3.63) is 12.2 Å². The molecule has 18 heavy (non-hydrogen) atoms. The van der Waals surface area contributed by atoms with Gasteiger partial charge in [0.2, 0.25) is 0 Å². The Labute approximate surface area is 109 Å². The number of hydrogen-bond donors (Lipinski definition) is 1. The monoisotopic (exact) mass is 252 g/mol. The van der Waals surface area contributed by atoms with Crippen molar-refractivity contribution in [1.82, 2.24) is 0 Å². The van der Waals surface area contributed by atoms with E-state index in [9.17, 15) is 9.90 Å². The van der Waals surface area contributed by atoms with Gasteiger partial charge >= 0.3 is 0 Å². The Kier molecular flexibility index (Phi) is 3.65. The van der Waals surface area contributed by atoms with E-state index >= 15 is 0 Å². The van der Waals surface area contributed by atoms with Crippen molar-refractivity contribution < 1.29 is 14.6 Å². The number of rotatable bonds is 1. The predicted octanol–water partition coefficient (Wildman–Crippen LogP) is 2.48. The first kappa shape index (κ1) is 13.8. The number of allylic oxidation sites excluding steroid dienone is 1. The lowest BCUT2D eigenvalue weighted by atomic mass is 9.79. The van der Waals surface area contributed by atoms with Crippen molar-refractivity contribution in [2.45, 2.75) is 64.3 Å². The number of epoxide rings is 1. The Morgan fingerprint density at radius 3 is 2.72 bits per heavy atom. The third kappa shape index (κ3) is 2.52. The average molecular weight is 252 g/mol. The van der Waals surface area contributed by atoms with E-state index in [4.69, 9.17) is 4.74 Å². The number of ether oxygens (including phenoxy) is 1. The van der Waals surface area contributed by atoms with Gasteiger partial charge in [0.1, 0.15) is 6.10 Å². The highest BCUT2D eigenvalue weighted by molar-refractivity contribution is 5.94. The van der Waals surface area contributed by atoms with Crippen molar-refractivity contribution in [2.75, 3.05) is 0 Å². The second-order valence-electron chi connectivity index (χ2n) is 6.31.